The molecule has 0 spiro atoms. The summed E-state index contributed by atoms with van der Waals surface area (Å²) < 4.78 is 5.44. The molecule has 0 heterocycles. The van der Waals surface area contributed by atoms with Gasteiger partial charge in [0, 0.05) is 5.56 Å². The third-order valence-corrected chi connectivity index (χ3v) is 2.87. The highest BCUT2D eigenvalue weighted by atomic mass is 16.5. The van der Waals surface area contributed by atoms with Crippen LogP contribution in [0.15, 0.2) is 42.5 Å². The van der Waals surface area contributed by atoms with Crippen LogP contribution in [-0.2, 0) is 0 Å². The van der Waals surface area contributed by atoms with Gasteiger partial charge in [-0.15, -0.1) is 0 Å². The van der Waals surface area contributed by atoms with Crippen LogP contribution >= 0.6 is 0 Å². The van der Waals surface area contributed by atoms with E-state index in [1.807, 2.05) is 12.1 Å². The summed E-state index contributed by atoms with van der Waals surface area (Å²) in [5.74, 6) is 0.939. The van der Waals surface area contributed by atoms with Crippen LogP contribution in [-0.4, -0.2) is 7.11 Å². The van der Waals surface area contributed by atoms with Gasteiger partial charge in [-0.2, -0.15) is 0 Å². The van der Waals surface area contributed by atoms with Crippen molar-refractivity contribution in [1.82, 2.24) is 0 Å². The molecule has 2 aromatic rings. The lowest BCUT2D eigenvalue weighted by molar-refractivity contribution is 0.416. The Balaban J connectivity index is 2.68. The van der Waals surface area contributed by atoms with E-state index in [9.17, 15) is 0 Å². The molecule has 2 rings (SSSR count). The number of benzene rings is 2. The molecule has 1 nitrogen and oxygen atoms in total. The Morgan fingerprint density at radius 1 is 0.812 bits per heavy atom. The van der Waals surface area contributed by atoms with Crippen LogP contribution in [0.4, 0.5) is 0 Å². The molecular formula is C15H16O. The van der Waals surface area contributed by atoms with E-state index in [1.54, 1.807) is 7.11 Å². The minimum absolute atomic E-state index is 0.939. The predicted molar refractivity (Wildman–Crippen MR) is 67.9 cm³/mol. The largest absolute Gasteiger partial charge is 0.496 e. The Morgan fingerprint density at radius 2 is 1.50 bits per heavy atom. The van der Waals surface area contributed by atoms with E-state index in [-0.39, 0.29) is 0 Å². The average molecular weight is 212 g/mol. The summed E-state index contributed by atoms with van der Waals surface area (Å²) in [6, 6.07) is 14.5. The van der Waals surface area contributed by atoms with Crippen molar-refractivity contribution in [2.45, 2.75) is 13.8 Å². The highest BCUT2D eigenvalue weighted by molar-refractivity contribution is 5.76. The van der Waals surface area contributed by atoms with Crippen LogP contribution < -0.4 is 4.74 Å². The predicted octanol–water partition coefficient (Wildman–Crippen LogP) is 3.98. The Bertz CT molecular complexity index is 501. The number of hydrogen-bond acceptors (Lipinski definition) is 1. The fourth-order valence-electron chi connectivity index (χ4n) is 2.01. The zero-order chi connectivity index (χ0) is 11.5. The van der Waals surface area contributed by atoms with Gasteiger partial charge in [-0.1, -0.05) is 36.4 Å². The van der Waals surface area contributed by atoms with E-state index >= 15 is 0 Å². The Kier molecular flexibility index (Phi) is 2.95. The summed E-state index contributed by atoms with van der Waals surface area (Å²) in [7, 11) is 1.72. The monoisotopic (exact) mass is 212 g/mol. The summed E-state index contributed by atoms with van der Waals surface area (Å²) in [4.78, 5) is 0. The lowest BCUT2D eigenvalue weighted by Gasteiger charge is -2.13. The van der Waals surface area contributed by atoms with Crippen LogP contribution in [0.3, 0.4) is 0 Å². The summed E-state index contributed by atoms with van der Waals surface area (Å²) in [5, 5.41) is 0. The number of rotatable bonds is 2. The molecule has 1 heteroatoms. The fourth-order valence-corrected chi connectivity index (χ4v) is 2.01. The molecule has 0 aliphatic rings. The zero-order valence-electron chi connectivity index (χ0n) is 9.95. The standard InChI is InChI=1S/C15H16O/c1-11-7-4-5-9-13(11)15-12(2)8-6-10-14(15)16-3/h4-10H,1-3H3. The van der Waals surface area contributed by atoms with E-state index in [0.29, 0.717) is 0 Å². The summed E-state index contributed by atoms with van der Waals surface area (Å²) in [6.07, 6.45) is 0. The maximum atomic E-state index is 5.44. The number of ether oxygens (including phenoxy) is 1. The average Bonchev–Trinajstić information content (AvgIpc) is 2.30. The molecule has 82 valence electrons. The molecule has 0 N–H and O–H groups in total. The summed E-state index contributed by atoms with van der Waals surface area (Å²) >= 11 is 0. The molecule has 0 saturated carbocycles. The van der Waals surface area contributed by atoms with Gasteiger partial charge >= 0.3 is 0 Å². The van der Waals surface area contributed by atoms with Crippen molar-refractivity contribution in [2.24, 2.45) is 0 Å². The van der Waals surface area contributed by atoms with Gasteiger partial charge in [0.15, 0.2) is 0 Å². The van der Waals surface area contributed by atoms with Gasteiger partial charge in [0.2, 0.25) is 0 Å². The van der Waals surface area contributed by atoms with E-state index in [2.05, 4.69) is 44.2 Å². The topological polar surface area (TPSA) is 9.23 Å². The zero-order valence-corrected chi connectivity index (χ0v) is 9.95. The van der Waals surface area contributed by atoms with Crippen LogP contribution in [0.1, 0.15) is 11.1 Å². The van der Waals surface area contributed by atoms with Gasteiger partial charge < -0.3 is 4.74 Å². The van der Waals surface area contributed by atoms with Crippen molar-refractivity contribution >= 4 is 0 Å². The van der Waals surface area contributed by atoms with Crippen molar-refractivity contribution < 1.29 is 4.74 Å². The molecule has 16 heavy (non-hydrogen) atoms. The molecule has 0 bridgehead atoms. The maximum Gasteiger partial charge on any atom is 0.126 e. The van der Waals surface area contributed by atoms with Crippen LogP contribution in [0.25, 0.3) is 11.1 Å². The van der Waals surface area contributed by atoms with Crippen LogP contribution in [0.5, 0.6) is 5.75 Å². The molecule has 0 unspecified atom stereocenters. The van der Waals surface area contributed by atoms with E-state index in [0.717, 1.165) is 5.75 Å². The lowest BCUT2D eigenvalue weighted by Crippen LogP contribution is -1.92. The molecule has 0 radical (unpaired) electrons. The van der Waals surface area contributed by atoms with E-state index in [4.69, 9.17) is 4.74 Å². The summed E-state index contributed by atoms with van der Waals surface area (Å²) in [6.45, 7) is 4.24. The van der Waals surface area contributed by atoms with E-state index < -0.39 is 0 Å². The second kappa shape index (κ2) is 4.40. The molecule has 0 fully saturated rings. The third kappa shape index (κ3) is 1.81. The quantitative estimate of drug-likeness (QED) is 0.731. The fraction of sp³-hybridized carbons (Fsp3) is 0.200. The van der Waals surface area contributed by atoms with Gasteiger partial charge in [-0.3, -0.25) is 0 Å². The van der Waals surface area contributed by atoms with Crippen molar-refractivity contribution in [1.29, 1.82) is 0 Å². The van der Waals surface area contributed by atoms with Crippen molar-refractivity contribution in [3.8, 4) is 16.9 Å². The van der Waals surface area contributed by atoms with Gasteiger partial charge in [0.25, 0.3) is 0 Å². The molecular weight excluding hydrogens is 196 g/mol. The molecule has 0 saturated heterocycles. The Morgan fingerprint density at radius 3 is 2.19 bits per heavy atom. The van der Waals surface area contributed by atoms with Gasteiger partial charge in [0.05, 0.1) is 7.11 Å². The minimum Gasteiger partial charge on any atom is -0.496 e. The lowest BCUT2D eigenvalue weighted by atomic mass is 9.96. The normalized spacial score (nSPS) is 10.2. The second-order valence-corrected chi connectivity index (χ2v) is 3.97. The molecule has 0 atom stereocenters. The Hall–Kier alpha value is -1.76. The van der Waals surface area contributed by atoms with Crippen molar-refractivity contribution in [2.75, 3.05) is 7.11 Å². The number of aryl methyl sites for hydroxylation is 2. The number of hydrogen-bond donors (Lipinski definition) is 0. The molecule has 0 amide bonds. The smallest absolute Gasteiger partial charge is 0.126 e. The molecule has 2 aromatic carbocycles. The Labute approximate surface area is 96.7 Å². The highest BCUT2D eigenvalue weighted by Gasteiger charge is 2.09. The first-order chi connectivity index (χ1) is 7.74. The third-order valence-electron chi connectivity index (χ3n) is 2.87. The first-order valence-corrected chi connectivity index (χ1v) is 5.43. The first kappa shape index (κ1) is 10.7. The molecule has 0 aromatic heterocycles. The molecule has 0 aliphatic heterocycles. The van der Waals surface area contributed by atoms with Crippen LogP contribution in [0, 0.1) is 13.8 Å². The highest BCUT2D eigenvalue weighted by Crippen LogP contribution is 2.34. The van der Waals surface area contributed by atoms with Crippen molar-refractivity contribution in [3.05, 3.63) is 53.6 Å². The van der Waals surface area contributed by atoms with E-state index in [1.165, 1.54) is 22.3 Å². The van der Waals surface area contributed by atoms with Gasteiger partial charge in [-0.25, -0.2) is 0 Å². The molecule has 0 aliphatic carbocycles. The van der Waals surface area contributed by atoms with Crippen LogP contribution in [0.2, 0.25) is 0 Å². The minimum atomic E-state index is 0.939. The maximum absolute atomic E-state index is 5.44. The van der Waals surface area contributed by atoms with Gasteiger partial charge in [-0.05, 0) is 36.6 Å². The number of methoxy groups -OCH3 is 1. The van der Waals surface area contributed by atoms with Gasteiger partial charge in [0.1, 0.15) is 5.75 Å². The van der Waals surface area contributed by atoms with Crippen molar-refractivity contribution in [3.63, 3.8) is 0 Å². The summed E-state index contributed by atoms with van der Waals surface area (Å²) in [5.41, 5.74) is 4.96. The SMILES string of the molecule is COc1cccc(C)c1-c1ccccc1C. The first-order valence-electron chi connectivity index (χ1n) is 5.43. The second-order valence-electron chi connectivity index (χ2n) is 3.97.